The Morgan fingerprint density at radius 2 is 2.12 bits per heavy atom. The van der Waals surface area contributed by atoms with Gasteiger partial charge in [0.05, 0.1) is 12.3 Å². The van der Waals surface area contributed by atoms with Gasteiger partial charge in [0.25, 0.3) is 0 Å². The Bertz CT molecular complexity index is 331. The van der Waals surface area contributed by atoms with E-state index in [2.05, 4.69) is 15.0 Å². The number of guanidine groups is 1. The average Bonchev–Trinajstić information content (AvgIpc) is 2.59. The molecular weight excluding hydrogens is 343 g/mol. The van der Waals surface area contributed by atoms with Crippen LogP contribution in [0.4, 0.5) is 0 Å². The summed E-state index contributed by atoms with van der Waals surface area (Å²) in [6.07, 6.45) is 0. The third-order valence-corrected chi connectivity index (χ3v) is 3.57. The molecule has 1 aliphatic heterocycles. The van der Waals surface area contributed by atoms with Crippen LogP contribution in [0.5, 0.6) is 0 Å². The fourth-order valence-electron chi connectivity index (χ4n) is 1.21. The van der Waals surface area contributed by atoms with Gasteiger partial charge in [-0.15, -0.1) is 24.0 Å². The molecule has 0 bridgehead atoms. The first-order valence-electron chi connectivity index (χ1n) is 5.02. The lowest BCUT2D eigenvalue weighted by molar-refractivity contribution is 0.533. The van der Waals surface area contributed by atoms with Crippen molar-refractivity contribution in [1.29, 1.82) is 0 Å². The summed E-state index contributed by atoms with van der Waals surface area (Å²) >= 11 is 0. The number of nitrogens with one attached hydrogen (secondary N) is 2. The van der Waals surface area contributed by atoms with Gasteiger partial charge in [0, 0.05) is 26.7 Å². The van der Waals surface area contributed by atoms with E-state index in [4.69, 9.17) is 0 Å². The number of sulfonamides is 1. The predicted molar refractivity (Wildman–Crippen MR) is 75.8 cm³/mol. The minimum absolute atomic E-state index is 0. The topological polar surface area (TPSA) is 73.8 Å². The van der Waals surface area contributed by atoms with Crippen LogP contribution < -0.4 is 10.0 Å². The van der Waals surface area contributed by atoms with Crippen LogP contribution in [-0.4, -0.2) is 58.3 Å². The molecule has 1 rings (SSSR count). The third-order valence-electron chi connectivity index (χ3n) is 2.17. The van der Waals surface area contributed by atoms with Gasteiger partial charge in [-0.3, -0.25) is 4.99 Å². The second kappa shape index (κ2) is 7.28. The minimum Gasteiger partial charge on any atom is -0.355 e. The van der Waals surface area contributed by atoms with Crippen molar-refractivity contribution in [3.63, 3.8) is 0 Å². The van der Waals surface area contributed by atoms with Crippen LogP contribution in [0.3, 0.4) is 0 Å². The minimum atomic E-state index is -3.07. The van der Waals surface area contributed by atoms with Crippen molar-refractivity contribution in [2.75, 3.05) is 39.0 Å². The van der Waals surface area contributed by atoms with Crippen LogP contribution in [0, 0.1) is 0 Å². The third kappa shape index (κ3) is 5.30. The largest absolute Gasteiger partial charge is 0.355 e. The summed E-state index contributed by atoms with van der Waals surface area (Å²) < 4.78 is 24.6. The highest BCUT2D eigenvalue weighted by molar-refractivity contribution is 14.0. The fourth-order valence-corrected chi connectivity index (χ4v) is 1.82. The van der Waals surface area contributed by atoms with E-state index >= 15 is 0 Å². The van der Waals surface area contributed by atoms with E-state index in [0.29, 0.717) is 13.1 Å². The Balaban J connectivity index is 0.00000225. The van der Waals surface area contributed by atoms with Crippen LogP contribution in [0.1, 0.15) is 6.92 Å². The molecule has 16 heavy (non-hydrogen) atoms. The second-order valence-electron chi connectivity index (χ2n) is 3.35. The maximum Gasteiger partial charge on any atom is 0.211 e. The van der Waals surface area contributed by atoms with Crippen molar-refractivity contribution in [2.45, 2.75) is 6.92 Å². The van der Waals surface area contributed by atoms with Gasteiger partial charge in [-0.2, -0.15) is 0 Å². The second-order valence-corrected chi connectivity index (χ2v) is 5.45. The number of rotatable bonds is 5. The summed E-state index contributed by atoms with van der Waals surface area (Å²) in [5.41, 5.74) is 0. The van der Waals surface area contributed by atoms with Gasteiger partial charge in [-0.25, -0.2) is 13.1 Å². The molecule has 8 heteroatoms. The summed E-state index contributed by atoms with van der Waals surface area (Å²) in [6.45, 7) is 4.29. The van der Waals surface area contributed by atoms with E-state index in [0.717, 1.165) is 19.0 Å². The van der Waals surface area contributed by atoms with Crippen molar-refractivity contribution in [3.8, 4) is 0 Å². The number of hydrogen-bond acceptors (Lipinski definition) is 5. The quantitative estimate of drug-likeness (QED) is 0.508. The molecule has 0 aromatic carbocycles. The number of hydrogen-bond donors (Lipinski definition) is 2. The standard InChI is InChI=1S/C8H18N4O2S.HI/c1-3-15(13,14)11-5-4-9-8-10-6-7-12(8)2;/h11H,3-7H2,1-2H3,(H,9,10);1H. The van der Waals surface area contributed by atoms with E-state index in [9.17, 15) is 8.42 Å². The maximum absolute atomic E-state index is 11.1. The van der Waals surface area contributed by atoms with Gasteiger partial charge in [0.2, 0.25) is 10.0 Å². The fraction of sp³-hybridized carbons (Fsp3) is 0.875. The SMILES string of the molecule is CCS(=O)(=O)NCCNC1=NCCN1C.I. The average molecular weight is 362 g/mol. The number of halogens is 1. The highest BCUT2D eigenvalue weighted by atomic mass is 127. The van der Waals surface area contributed by atoms with Crippen LogP contribution >= 0.6 is 24.0 Å². The summed E-state index contributed by atoms with van der Waals surface area (Å²) in [6, 6.07) is 0. The van der Waals surface area contributed by atoms with Gasteiger partial charge in [-0.05, 0) is 6.92 Å². The van der Waals surface area contributed by atoms with Gasteiger partial charge in [0.1, 0.15) is 0 Å². The van der Waals surface area contributed by atoms with Crippen molar-refractivity contribution >= 4 is 40.0 Å². The first-order valence-corrected chi connectivity index (χ1v) is 6.67. The van der Waals surface area contributed by atoms with Gasteiger partial charge >= 0.3 is 0 Å². The molecule has 0 aliphatic carbocycles. The molecule has 0 aromatic heterocycles. The van der Waals surface area contributed by atoms with Gasteiger partial charge in [0.15, 0.2) is 5.96 Å². The molecular formula is C8H19IN4O2S. The molecule has 0 radical (unpaired) electrons. The molecule has 0 fully saturated rings. The van der Waals surface area contributed by atoms with E-state index in [-0.39, 0.29) is 29.7 Å². The Morgan fingerprint density at radius 3 is 2.62 bits per heavy atom. The van der Waals surface area contributed by atoms with Crippen LogP contribution in [0.15, 0.2) is 4.99 Å². The van der Waals surface area contributed by atoms with E-state index < -0.39 is 10.0 Å². The highest BCUT2D eigenvalue weighted by Gasteiger charge is 2.11. The predicted octanol–water partition coefficient (Wildman–Crippen LogP) is -0.565. The zero-order valence-corrected chi connectivity index (χ0v) is 12.7. The Kier molecular flexibility index (Phi) is 7.24. The molecule has 1 aliphatic rings. The monoisotopic (exact) mass is 362 g/mol. The Hall–Kier alpha value is -0.0900. The lowest BCUT2D eigenvalue weighted by Crippen LogP contribution is -2.40. The molecule has 2 N–H and O–H groups in total. The molecule has 0 atom stereocenters. The van der Waals surface area contributed by atoms with Crippen LogP contribution in [0.25, 0.3) is 0 Å². The molecule has 0 unspecified atom stereocenters. The smallest absolute Gasteiger partial charge is 0.211 e. The normalized spacial score (nSPS) is 15.6. The van der Waals surface area contributed by atoms with Crippen molar-refractivity contribution in [2.24, 2.45) is 4.99 Å². The number of nitrogens with zero attached hydrogens (tertiary/aromatic N) is 2. The molecule has 0 saturated carbocycles. The Morgan fingerprint density at radius 1 is 1.44 bits per heavy atom. The molecule has 0 amide bonds. The van der Waals surface area contributed by atoms with E-state index in [1.54, 1.807) is 6.92 Å². The Labute approximate surface area is 114 Å². The highest BCUT2D eigenvalue weighted by Crippen LogP contribution is 1.93. The lowest BCUT2D eigenvalue weighted by Gasteiger charge is -2.15. The molecule has 96 valence electrons. The summed E-state index contributed by atoms with van der Waals surface area (Å²) in [5, 5.41) is 3.08. The number of likely N-dealkylation sites (N-methyl/N-ethyl adjacent to an activating group) is 1. The summed E-state index contributed by atoms with van der Waals surface area (Å²) in [4.78, 5) is 6.23. The van der Waals surface area contributed by atoms with E-state index in [1.807, 2.05) is 11.9 Å². The first kappa shape index (κ1) is 15.9. The maximum atomic E-state index is 11.1. The molecule has 1 heterocycles. The van der Waals surface area contributed by atoms with E-state index in [1.165, 1.54) is 0 Å². The van der Waals surface area contributed by atoms with Gasteiger partial charge < -0.3 is 10.2 Å². The summed E-state index contributed by atoms with van der Waals surface area (Å²) in [5.74, 6) is 0.958. The molecule has 6 nitrogen and oxygen atoms in total. The lowest BCUT2D eigenvalue weighted by atomic mass is 10.6. The van der Waals surface area contributed by atoms with Crippen molar-refractivity contribution in [3.05, 3.63) is 0 Å². The van der Waals surface area contributed by atoms with Crippen LogP contribution in [0.2, 0.25) is 0 Å². The molecule has 0 spiro atoms. The van der Waals surface area contributed by atoms with Crippen LogP contribution in [-0.2, 0) is 10.0 Å². The zero-order valence-electron chi connectivity index (χ0n) is 9.56. The van der Waals surface area contributed by atoms with Gasteiger partial charge in [-0.1, -0.05) is 0 Å². The summed E-state index contributed by atoms with van der Waals surface area (Å²) in [7, 11) is -1.12. The molecule has 0 aromatic rings. The number of aliphatic imine (C=N–C) groups is 1. The zero-order chi connectivity index (χ0) is 11.3. The molecule has 0 saturated heterocycles. The van der Waals surface area contributed by atoms with Crippen molar-refractivity contribution in [1.82, 2.24) is 14.9 Å². The first-order chi connectivity index (χ1) is 7.05. The van der Waals surface area contributed by atoms with Crippen molar-refractivity contribution < 1.29 is 8.42 Å².